The lowest BCUT2D eigenvalue weighted by molar-refractivity contribution is -0.0604. The minimum Gasteiger partial charge on any atom is -0.478 e. The maximum Gasteiger partial charge on any atom is 0.335 e. The van der Waals surface area contributed by atoms with Crippen molar-refractivity contribution in [2.45, 2.75) is 45.1 Å². The van der Waals surface area contributed by atoms with E-state index in [0.717, 1.165) is 61.6 Å². The van der Waals surface area contributed by atoms with Gasteiger partial charge in [-0.2, -0.15) is 0 Å². The van der Waals surface area contributed by atoms with Crippen molar-refractivity contribution in [3.05, 3.63) is 58.1 Å². The van der Waals surface area contributed by atoms with Crippen molar-refractivity contribution in [2.75, 3.05) is 19.6 Å². The smallest absolute Gasteiger partial charge is 0.335 e. The average molecular weight is 429 g/mol. The molecule has 1 aromatic rings. The van der Waals surface area contributed by atoms with E-state index in [1.54, 1.807) is 12.1 Å². The molecule has 0 amide bonds. The molecule has 1 N–H and O–H groups in total. The van der Waals surface area contributed by atoms with Crippen LogP contribution in [0.4, 0.5) is 0 Å². The molecule has 2 aliphatic heterocycles. The molecule has 160 valence electrons. The number of hydrogen-bond donors (Lipinski definition) is 1. The van der Waals surface area contributed by atoms with Crippen LogP contribution in [0.15, 0.2) is 52.2 Å². The van der Waals surface area contributed by atoms with E-state index in [2.05, 4.69) is 36.1 Å². The van der Waals surface area contributed by atoms with Gasteiger partial charge in [-0.3, -0.25) is 4.90 Å². The van der Waals surface area contributed by atoms with Crippen LogP contribution in [0.25, 0.3) is 0 Å². The summed E-state index contributed by atoms with van der Waals surface area (Å²) in [5, 5.41) is 14.4. The highest BCUT2D eigenvalue weighted by Gasteiger charge is 2.42. The van der Waals surface area contributed by atoms with Gasteiger partial charge in [0.25, 0.3) is 0 Å². The van der Waals surface area contributed by atoms with Crippen LogP contribution in [0.3, 0.4) is 0 Å². The molecule has 1 saturated heterocycles. The van der Waals surface area contributed by atoms with E-state index in [9.17, 15) is 4.79 Å². The van der Waals surface area contributed by atoms with Crippen molar-refractivity contribution in [1.29, 1.82) is 0 Å². The van der Waals surface area contributed by atoms with Crippen LogP contribution in [0.2, 0.25) is 0 Å². The number of carboxylic acids is 1. The fourth-order valence-corrected chi connectivity index (χ4v) is 5.24. The van der Waals surface area contributed by atoms with Crippen molar-refractivity contribution in [1.82, 2.24) is 4.90 Å². The molecular formula is C24H29ClN2O3. The summed E-state index contributed by atoms with van der Waals surface area (Å²) in [4.78, 5) is 19.5. The van der Waals surface area contributed by atoms with Gasteiger partial charge in [-0.25, -0.2) is 4.79 Å². The first kappa shape index (κ1) is 21.1. The molecule has 1 fully saturated rings. The van der Waals surface area contributed by atoms with Gasteiger partial charge in [0.1, 0.15) is 5.60 Å². The minimum atomic E-state index is -0.916. The summed E-state index contributed by atoms with van der Waals surface area (Å²) in [5.74, 6) is -0.000290. The number of nitrogens with zero attached hydrogens (tertiary/aromatic N) is 2. The Bertz CT molecular complexity index is 896. The van der Waals surface area contributed by atoms with Gasteiger partial charge in [0.2, 0.25) is 0 Å². The number of aromatic carboxylic acids is 1. The predicted molar refractivity (Wildman–Crippen MR) is 119 cm³/mol. The van der Waals surface area contributed by atoms with Crippen molar-refractivity contribution < 1.29 is 14.7 Å². The van der Waals surface area contributed by atoms with Gasteiger partial charge in [-0.05, 0) is 36.1 Å². The normalized spacial score (nSPS) is 26.0. The summed E-state index contributed by atoms with van der Waals surface area (Å²) < 4.78 is 0. The number of oxime groups is 1. The Balaban J connectivity index is 1.33. The second kappa shape index (κ2) is 8.56. The Hall–Kier alpha value is -2.11. The molecule has 1 aliphatic carbocycles. The summed E-state index contributed by atoms with van der Waals surface area (Å²) in [6.07, 6.45) is 8.02. The van der Waals surface area contributed by atoms with E-state index >= 15 is 0 Å². The number of piperidine rings is 1. The summed E-state index contributed by atoms with van der Waals surface area (Å²) >= 11 is 6.40. The number of hydrogen-bond acceptors (Lipinski definition) is 4. The Morgan fingerprint density at radius 3 is 2.60 bits per heavy atom. The van der Waals surface area contributed by atoms with Crippen molar-refractivity contribution in [2.24, 2.45) is 17.0 Å². The van der Waals surface area contributed by atoms with Gasteiger partial charge in [0, 0.05) is 49.8 Å². The van der Waals surface area contributed by atoms with Gasteiger partial charge < -0.3 is 9.94 Å². The standard InChI is InChI=1S/C24H29ClN2O3/c1-3-20-16(2)19(8-9-21(20)25)15-27-12-10-24(11-13-27)14-22(26-30-24)17-4-6-18(7-5-17)23(28)29/h4-9,16,20H,3,10-15H2,1-2H3,(H,28,29). The zero-order valence-electron chi connectivity index (χ0n) is 17.6. The van der Waals surface area contributed by atoms with Crippen LogP contribution in [0.1, 0.15) is 55.5 Å². The Morgan fingerprint density at radius 1 is 1.27 bits per heavy atom. The van der Waals surface area contributed by atoms with Crippen LogP contribution in [0.5, 0.6) is 0 Å². The molecule has 4 rings (SSSR count). The first-order valence-corrected chi connectivity index (χ1v) is 11.2. The predicted octanol–water partition coefficient (Wildman–Crippen LogP) is 5.07. The van der Waals surface area contributed by atoms with Gasteiger partial charge in [-0.15, -0.1) is 0 Å². The molecule has 0 saturated carbocycles. The summed E-state index contributed by atoms with van der Waals surface area (Å²) in [5.41, 5.74) is 3.38. The van der Waals surface area contributed by atoms with Crippen LogP contribution < -0.4 is 0 Å². The van der Waals surface area contributed by atoms with Gasteiger partial charge in [0.05, 0.1) is 11.3 Å². The summed E-state index contributed by atoms with van der Waals surface area (Å²) in [6, 6.07) is 6.88. The molecule has 6 heteroatoms. The second-order valence-electron chi connectivity index (χ2n) is 8.74. The van der Waals surface area contributed by atoms with Crippen molar-refractivity contribution in [3.8, 4) is 0 Å². The first-order valence-electron chi connectivity index (χ1n) is 10.8. The van der Waals surface area contributed by atoms with Crippen LogP contribution in [-0.4, -0.2) is 46.9 Å². The Kier molecular flexibility index (Phi) is 6.03. The Labute approximate surface area is 183 Å². The van der Waals surface area contributed by atoms with E-state index in [1.807, 2.05) is 12.1 Å². The minimum absolute atomic E-state index is 0.223. The van der Waals surface area contributed by atoms with E-state index in [-0.39, 0.29) is 11.2 Å². The molecular weight excluding hydrogens is 400 g/mol. The molecule has 2 atom stereocenters. The molecule has 30 heavy (non-hydrogen) atoms. The number of allylic oxidation sites excluding steroid dienone is 3. The van der Waals surface area contributed by atoms with Crippen molar-refractivity contribution in [3.63, 3.8) is 0 Å². The zero-order chi connectivity index (χ0) is 21.3. The SMILES string of the molecule is CCC1C(Cl)=CC=C(CN2CCC3(CC2)CC(c2ccc(C(=O)O)cc2)=NO3)C1C. The largest absolute Gasteiger partial charge is 0.478 e. The maximum atomic E-state index is 11.0. The van der Waals surface area contributed by atoms with Crippen molar-refractivity contribution >= 4 is 23.3 Å². The number of halogens is 1. The third kappa shape index (κ3) is 4.19. The summed E-state index contributed by atoms with van der Waals surface area (Å²) in [6.45, 7) is 7.45. The van der Waals surface area contributed by atoms with E-state index < -0.39 is 5.97 Å². The van der Waals surface area contributed by atoms with Crippen LogP contribution in [0, 0.1) is 11.8 Å². The quantitative estimate of drug-likeness (QED) is 0.711. The second-order valence-corrected chi connectivity index (χ2v) is 9.18. The highest BCUT2D eigenvalue weighted by atomic mass is 35.5. The Morgan fingerprint density at radius 2 is 1.97 bits per heavy atom. The molecule has 2 heterocycles. The molecule has 0 aromatic heterocycles. The van der Waals surface area contributed by atoms with Gasteiger partial charge >= 0.3 is 5.97 Å². The fraction of sp³-hybridized carbons (Fsp3) is 0.500. The van der Waals surface area contributed by atoms with Gasteiger partial charge in [-0.1, -0.05) is 54.4 Å². The zero-order valence-corrected chi connectivity index (χ0v) is 18.4. The number of carbonyl (C=O) groups is 1. The van der Waals surface area contributed by atoms with E-state index in [0.29, 0.717) is 11.8 Å². The molecule has 3 aliphatic rings. The lowest BCUT2D eigenvalue weighted by atomic mass is 9.80. The molecule has 1 spiro atoms. The number of likely N-dealkylation sites (tertiary alicyclic amines) is 1. The summed E-state index contributed by atoms with van der Waals surface area (Å²) in [7, 11) is 0. The molecule has 0 radical (unpaired) electrons. The van der Waals surface area contributed by atoms with E-state index in [4.69, 9.17) is 21.5 Å². The van der Waals surface area contributed by atoms with E-state index in [1.165, 1.54) is 5.57 Å². The molecule has 5 nitrogen and oxygen atoms in total. The highest BCUT2D eigenvalue weighted by molar-refractivity contribution is 6.30. The van der Waals surface area contributed by atoms with Crippen LogP contribution in [-0.2, 0) is 4.84 Å². The lowest BCUT2D eigenvalue weighted by Gasteiger charge is -2.39. The first-order chi connectivity index (χ1) is 14.4. The monoisotopic (exact) mass is 428 g/mol. The average Bonchev–Trinajstić information content (AvgIpc) is 3.16. The third-order valence-corrected chi connectivity index (χ3v) is 7.32. The maximum absolute atomic E-state index is 11.0. The topological polar surface area (TPSA) is 62.1 Å². The third-order valence-electron chi connectivity index (χ3n) is 6.92. The number of carboxylic acid groups (broad SMARTS) is 1. The highest BCUT2D eigenvalue weighted by Crippen LogP contribution is 2.39. The lowest BCUT2D eigenvalue weighted by Crippen LogP contribution is -2.45. The molecule has 2 unspecified atom stereocenters. The number of rotatable bonds is 5. The number of benzene rings is 1. The molecule has 0 bridgehead atoms. The fourth-order valence-electron chi connectivity index (χ4n) is 4.83. The van der Waals surface area contributed by atoms with Gasteiger partial charge in [0.15, 0.2) is 0 Å². The van der Waals surface area contributed by atoms with Crippen LogP contribution >= 0.6 is 11.6 Å². The molecule has 1 aromatic carbocycles.